The van der Waals surface area contributed by atoms with Crippen molar-refractivity contribution in [2.24, 2.45) is 0 Å². The van der Waals surface area contributed by atoms with Crippen molar-refractivity contribution in [1.82, 2.24) is 0 Å². The van der Waals surface area contributed by atoms with Crippen LogP contribution in [0.15, 0.2) is 0 Å². The van der Waals surface area contributed by atoms with Crippen molar-refractivity contribution in [3.05, 3.63) is 0 Å². The molecule has 156 valence electrons. The molecule has 5 aliphatic rings. The van der Waals surface area contributed by atoms with E-state index < -0.39 is 11.2 Å². The molecule has 0 aliphatic carbocycles. The van der Waals surface area contributed by atoms with Gasteiger partial charge in [0.05, 0.1) is 23.4 Å². The SMILES string of the molecule is C[C@@]12CC[C@H]3O[C@]3(C)C(=O)OC[C@H]3O[C@@]3(C)CC[C@H]3O[C@]3(C)C(=O)OC[C@@H]1O2. The van der Waals surface area contributed by atoms with Crippen LogP contribution in [0.2, 0.25) is 0 Å². The number of fused-ring (bicyclic) bond motifs is 4. The van der Waals surface area contributed by atoms with Crippen molar-refractivity contribution in [2.45, 2.75) is 100 Å². The summed E-state index contributed by atoms with van der Waals surface area (Å²) in [6.45, 7) is 7.96. The largest absolute Gasteiger partial charge is 0.461 e. The molecule has 0 aromatic carbocycles. The van der Waals surface area contributed by atoms with Gasteiger partial charge in [0.25, 0.3) is 0 Å². The molecule has 0 spiro atoms. The maximum atomic E-state index is 12.4. The summed E-state index contributed by atoms with van der Waals surface area (Å²) >= 11 is 0. The first kappa shape index (κ1) is 18.8. The maximum Gasteiger partial charge on any atom is 0.340 e. The fourth-order valence-electron chi connectivity index (χ4n) is 4.42. The van der Waals surface area contributed by atoms with Crippen LogP contribution in [0.5, 0.6) is 0 Å². The van der Waals surface area contributed by atoms with Crippen LogP contribution in [-0.2, 0) is 38.0 Å². The van der Waals surface area contributed by atoms with Gasteiger partial charge < -0.3 is 28.4 Å². The maximum absolute atomic E-state index is 12.4. The van der Waals surface area contributed by atoms with Gasteiger partial charge in [-0.3, -0.25) is 0 Å². The van der Waals surface area contributed by atoms with Crippen molar-refractivity contribution in [1.29, 1.82) is 0 Å². The van der Waals surface area contributed by atoms with Crippen LogP contribution in [0.4, 0.5) is 0 Å². The zero-order valence-electron chi connectivity index (χ0n) is 16.8. The molecule has 0 aromatic heterocycles. The molecule has 0 unspecified atom stereocenters. The van der Waals surface area contributed by atoms with Crippen molar-refractivity contribution in [2.75, 3.05) is 13.2 Å². The average molecular weight is 396 g/mol. The van der Waals surface area contributed by atoms with E-state index in [9.17, 15) is 9.59 Å². The lowest BCUT2D eigenvalue weighted by atomic mass is 9.95. The topological polar surface area (TPSA) is 103 Å². The van der Waals surface area contributed by atoms with E-state index in [0.29, 0.717) is 12.8 Å². The number of hydrogen-bond acceptors (Lipinski definition) is 8. The number of esters is 2. The fraction of sp³-hybridized carbons (Fsp3) is 0.900. The molecule has 5 rings (SSSR count). The zero-order valence-corrected chi connectivity index (χ0v) is 16.8. The lowest BCUT2D eigenvalue weighted by Gasteiger charge is -2.11. The molecular weight excluding hydrogens is 368 g/mol. The predicted octanol–water partition coefficient (Wildman–Crippen LogP) is 1.28. The average Bonchev–Trinajstić information content (AvgIpc) is 3.55. The third-order valence-corrected chi connectivity index (χ3v) is 7.31. The lowest BCUT2D eigenvalue weighted by Crippen LogP contribution is -2.30. The predicted molar refractivity (Wildman–Crippen MR) is 93.5 cm³/mol. The third kappa shape index (κ3) is 2.96. The summed E-state index contributed by atoms with van der Waals surface area (Å²) in [7, 11) is 0. The Labute approximate surface area is 164 Å². The van der Waals surface area contributed by atoms with Gasteiger partial charge in [-0.25, -0.2) is 9.59 Å². The number of cyclic esters (lactones) is 2. The van der Waals surface area contributed by atoms with Crippen LogP contribution in [0.1, 0.15) is 53.4 Å². The molecule has 8 heteroatoms. The molecule has 5 saturated heterocycles. The van der Waals surface area contributed by atoms with E-state index in [2.05, 4.69) is 0 Å². The van der Waals surface area contributed by atoms with Crippen LogP contribution in [-0.4, -0.2) is 72.0 Å². The van der Waals surface area contributed by atoms with Crippen molar-refractivity contribution in [3.63, 3.8) is 0 Å². The molecule has 28 heavy (non-hydrogen) atoms. The Bertz CT molecular complexity index is 665. The quantitative estimate of drug-likeness (QED) is 0.446. The van der Waals surface area contributed by atoms with Gasteiger partial charge in [-0.2, -0.15) is 0 Å². The van der Waals surface area contributed by atoms with E-state index in [1.54, 1.807) is 13.8 Å². The van der Waals surface area contributed by atoms with Gasteiger partial charge in [0.15, 0.2) is 11.2 Å². The number of carbonyl (C=O) groups excluding carboxylic acids is 2. The van der Waals surface area contributed by atoms with E-state index in [0.717, 1.165) is 12.8 Å². The molecule has 5 aliphatic heterocycles. The van der Waals surface area contributed by atoms with Gasteiger partial charge in [-0.15, -0.1) is 0 Å². The van der Waals surface area contributed by atoms with Crippen LogP contribution in [0, 0.1) is 0 Å². The number of ether oxygens (including phenoxy) is 6. The van der Waals surface area contributed by atoms with Gasteiger partial charge in [-0.1, -0.05) is 0 Å². The molecule has 0 saturated carbocycles. The highest BCUT2D eigenvalue weighted by Crippen LogP contribution is 2.49. The molecule has 0 bridgehead atoms. The van der Waals surface area contributed by atoms with Gasteiger partial charge in [0.2, 0.25) is 0 Å². The molecule has 8 atom stereocenters. The smallest absolute Gasteiger partial charge is 0.340 e. The Kier molecular flexibility index (Phi) is 3.81. The van der Waals surface area contributed by atoms with E-state index >= 15 is 0 Å². The molecular formula is C20H28O8. The van der Waals surface area contributed by atoms with Gasteiger partial charge in [-0.05, 0) is 53.4 Å². The fourth-order valence-corrected chi connectivity index (χ4v) is 4.42. The summed E-state index contributed by atoms with van der Waals surface area (Å²) in [6, 6.07) is 0. The Balaban J connectivity index is 1.25. The van der Waals surface area contributed by atoms with Gasteiger partial charge >= 0.3 is 11.9 Å². The van der Waals surface area contributed by atoms with Crippen LogP contribution in [0.25, 0.3) is 0 Å². The lowest BCUT2D eigenvalue weighted by molar-refractivity contribution is -0.150. The van der Waals surface area contributed by atoms with Crippen molar-refractivity contribution in [3.8, 4) is 0 Å². The number of carbonyl (C=O) groups is 2. The summed E-state index contributed by atoms with van der Waals surface area (Å²) in [5, 5.41) is 0. The number of epoxide rings is 4. The van der Waals surface area contributed by atoms with Crippen LogP contribution >= 0.6 is 0 Å². The molecule has 0 N–H and O–H groups in total. The van der Waals surface area contributed by atoms with E-state index in [1.807, 2.05) is 13.8 Å². The highest BCUT2D eigenvalue weighted by atomic mass is 16.7. The highest BCUT2D eigenvalue weighted by Gasteiger charge is 2.64. The number of hydrogen-bond donors (Lipinski definition) is 0. The van der Waals surface area contributed by atoms with Crippen molar-refractivity contribution >= 4 is 11.9 Å². The Morgan fingerprint density at radius 3 is 1.43 bits per heavy atom. The molecule has 8 nitrogen and oxygen atoms in total. The Morgan fingerprint density at radius 2 is 1.04 bits per heavy atom. The second kappa shape index (κ2) is 5.68. The first-order chi connectivity index (χ1) is 13.1. The van der Waals surface area contributed by atoms with Gasteiger partial charge in [0, 0.05) is 0 Å². The molecule has 5 heterocycles. The molecule has 0 aromatic rings. The second-order valence-electron chi connectivity index (χ2n) is 9.54. The summed E-state index contributed by atoms with van der Waals surface area (Å²) in [5.74, 6) is -0.663. The minimum atomic E-state index is -0.881. The zero-order chi connectivity index (χ0) is 19.9. The van der Waals surface area contributed by atoms with E-state index in [1.165, 1.54) is 0 Å². The summed E-state index contributed by atoms with van der Waals surface area (Å²) in [4.78, 5) is 24.9. The first-order valence-corrected chi connectivity index (χ1v) is 10.1. The second-order valence-corrected chi connectivity index (χ2v) is 9.54. The minimum Gasteiger partial charge on any atom is -0.461 e. The normalized spacial score (nSPS) is 55.7. The Hall–Kier alpha value is -1.22. The van der Waals surface area contributed by atoms with E-state index in [4.69, 9.17) is 28.4 Å². The monoisotopic (exact) mass is 396 g/mol. The van der Waals surface area contributed by atoms with E-state index in [-0.39, 0.29) is 60.8 Å². The molecule has 0 radical (unpaired) electrons. The molecule has 0 amide bonds. The third-order valence-electron chi connectivity index (χ3n) is 7.31. The standard InChI is InChI=1S/C20H28O8/c1-17-7-5-11-19(3,27-11)16(22)24-10-14-18(2,26-14)8-6-12-20(4,28-12)15(21)23-9-13(17)25-17/h11-14H,5-10H2,1-4H3/t11-,12-,13-,14+,17+,18-,19+,20+/m1/s1. The highest BCUT2D eigenvalue weighted by molar-refractivity contribution is 5.83. The summed E-state index contributed by atoms with van der Waals surface area (Å²) in [5.41, 5.74) is -2.46. The first-order valence-electron chi connectivity index (χ1n) is 10.1. The molecule has 5 fully saturated rings. The van der Waals surface area contributed by atoms with Crippen LogP contribution < -0.4 is 0 Å². The van der Waals surface area contributed by atoms with Crippen molar-refractivity contribution < 1.29 is 38.0 Å². The summed E-state index contributed by atoms with van der Waals surface area (Å²) in [6.07, 6.45) is 2.22. The van der Waals surface area contributed by atoms with Gasteiger partial charge in [0.1, 0.15) is 25.4 Å². The Morgan fingerprint density at radius 1 is 0.643 bits per heavy atom. The number of rotatable bonds is 0. The van der Waals surface area contributed by atoms with Crippen LogP contribution in [0.3, 0.4) is 0 Å². The minimum absolute atomic E-state index is 0.132. The summed E-state index contributed by atoms with van der Waals surface area (Å²) < 4.78 is 33.7.